The van der Waals surface area contributed by atoms with Gasteiger partial charge in [-0.2, -0.15) is 0 Å². The third-order valence-electron chi connectivity index (χ3n) is 3.34. The molecule has 0 saturated heterocycles. The molecule has 3 N–H and O–H groups in total. The fraction of sp³-hybridized carbons (Fsp3) is 0.176. The quantitative estimate of drug-likeness (QED) is 0.850. The van der Waals surface area contributed by atoms with Crippen molar-refractivity contribution in [3.8, 4) is 0 Å². The van der Waals surface area contributed by atoms with Crippen LogP contribution in [0.15, 0.2) is 48.5 Å². The molecule has 0 radical (unpaired) electrons. The first-order chi connectivity index (χ1) is 11.0. The maximum absolute atomic E-state index is 12.8. The van der Waals surface area contributed by atoms with Crippen molar-refractivity contribution in [1.82, 2.24) is 5.32 Å². The lowest BCUT2D eigenvalue weighted by atomic mass is 10.0. The first-order valence-corrected chi connectivity index (χ1v) is 7.40. The van der Waals surface area contributed by atoms with E-state index in [1.165, 1.54) is 24.3 Å². The second-order valence-electron chi connectivity index (χ2n) is 5.12. The van der Waals surface area contributed by atoms with Crippen LogP contribution in [0.4, 0.5) is 4.39 Å². The molecular weight excluding hydrogens is 319 g/mol. The second-order valence-corrected chi connectivity index (χ2v) is 5.53. The third-order valence-corrected chi connectivity index (χ3v) is 3.71. The zero-order chi connectivity index (χ0) is 16.8. The number of carbonyl (C=O) groups is 2. The molecule has 2 aromatic carbocycles. The highest BCUT2D eigenvalue weighted by Gasteiger charge is 2.19. The molecule has 0 unspecified atom stereocenters. The summed E-state index contributed by atoms with van der Waals surface area (Å²) in [7, 11) is 0. The lowest BCUT2D eigenvalue weighted by Crippen LogP contribution is -2.46. The number of amides is 2. The SMILES string of the molecule is NC(=O)[C@H](Cc1ccccc1Cl)NC(=O)Cc1ccc(F)cc1. The van der Waals surface area contributed by atoms with Crippen LogP contribution in [0, 0.1) is 5.82 Å². The summed E-state index contributed by atoms with van der Waals surface area (Å²) in [6.07, 6.45) is 0.247. The van der Waals surface area contributed by atoms with Gasteiger partial charge in [0.15, 0.2) is 0 Å². The van der Waals surface area contributed by atoms with E-state index >= 15 is 0 Å². The Kier molecular flexibility index (Phi) is 5.71. The number of carbonyl (C=O) groups excluding carboxylic acids is 2. The molecule has 2 amide bonds. The fourth-order valence-corrected chi connectivity index (χ4v) is 2.35. The molecule has 0 fully saturated rings. The molecule has 4 nitrogen and oxygen atoms in total. The number of halogens is 2. The zero-order valence-corrected chi connectivity index (χ0v) is 13.0. The highest BCUT2D eigenvalue weighted by atomic mass is 35.5. The number of nitrogens with two attached hydrogens (primary N) is 1. The second kappa shape index (κ2) is 7.74. The molecule has 0 aliphatic rings. The summed E-state index contributed by atoms with van der Waals surface area (Å²) < 4.78 is 12.8. The molecule has 23 heavy (non-hydrogen) atoms. The first-order valence-electron chi connectivity index (χ1n) is 7.02. The average Bonchev–Trinajstić information content (AvgIpc) is 2.51. The van der Waals surface area contributed by atoms with Gasteiger partial charge < -0.3 is 11.1 Å². The van der Waals surface area contributed by atoms with Gasteiger partial charge in [0.25, 0.3) is 0 Å². The molecule has 6 heteroatoms. The largest absolute Gasteiger partial charge is 0.368 e. The summed E-state index contributed by atoms with van der Waals surface area (Å²) in [4.78, 5) is 23.6. The van der Waals surface area contributed by atoms with Gasteiger partial charge in [-0.05, 0) is 29.3 Å². The number of rotatable bonds is 6. The van der Waals surface area contributed by atoms with Crippen LogP contribution in [0.1, 0.15) is 11.1 Å². The molecule has 0 saturated carbocycles. The Morgan fingerprint density at radius 1 is 1.13 bits per heavy atom. The maximum Gasteiger partial charge on any atom is 0.240 e. The average molecular weight is 335 g/mol. The summed E-state index contributed by atoms with van der Waals surface area (Å²) in [5, 5.41) is 3.10. The van der Waals surface area contributed by atoms with Crippen LogP contribution < -0.4 is 11.1 Å². The predicted octanol–water partition coefficient (Wildman–Crippen LogP) is 2.23. The molecule has 2 aromatic rings. The highest BCUT2D eigenvalue weighted by Crippen LogP contribution is 2.16. The van der Waals surface area contributed by atoms with Crippen LogP contribution in [0.3, 0.4) is 0 Å². The Bertz CT molecular complexity index is 704. The van der Waals surface area contributed by atoms with Crippen LogP contribution in [0.5, 0.6) is 0 Å². The van der Waals surface area contributed by atoms with Gasteiger partial charge in [0, 0.05) is 11.4 Å². The van der Waals surface area contributed by atoms with E-state index in [1.807, 2.05) is 0 Å². The number of hydrogen-bond acceptors (Lipinski definition) is 2. The van der Waals surface area contributed by atoms with Crippen molar-refractivity contribution in [2.45, 2.75) is 18.9 Å². The van der Waals surface area contributed by atoms with E-state index in [-0.39, 0.29) is 24.6 Å². The number of nitrogens with one attached hydrogen (secondary N) is 1. The molecule has 120 valence electrons. The minimum absolute atomic E-state index is 0.0343. The summed E-state index contributed by atoms with van der Waals surface area (Å²) >= 11 is 6.05. The van der Waals surface area contributed by atoms with Crippen LogP contribution in [-0.4, -0.2) is 17.9 Å². The summed E-state index contributed by atoms with van der Waals surface area (Å²) in [5.41, 5.74) is 6.72. The third kappa shape index (κ3) is 5.07. The van der Waals surface area contributed by atoms with Crippen molar-refractivity contribution < 1.29 is 14.0 Å². The number of benzene rings is 2. The normalized spacial score (nSPS) is 11.7. The Morgan fingerprint density at radius 2 is 1.78 bits per heavy atom. The van der Waals surface area contributed by atoms with Crippen molar-refractivity contribution in [2.24, 2.45) is 5.73 Å². The van der Waals surface area contributed by atoms with Gasteiger partial charge in [0.05, 0.1) is 6.42 Å². The van der Waals surface area contributed by atoms with Gasteiger partial charge >= 0.3 is 0 Å². The smallest absolute Gasteiger partial charge is 0.240 e. The van der Waals surface area contributed by atoms with Crippen molar-refractivity contribution in [3.63, 3.8) is 0 Å². The van der Waals surface area contributed by atoms with Crippen molar-refractivity contribution in [1.29, 1.82) is 0 Å². The van der Waals surface area contributed by atoms with Gasteiger partial charge in [-0.15, -0.1) is 0 Å². The van der Waals surface area contributed by atoms with Gasteiger partial charge in [0.2, 0.25) is 11.8 Å². The minimum Gasteiger partial charge on any atom is -0.368 e. The van der Waals surface area contributed by atoms with Gasteiger partial charge in [-0.1, -0.05) is 41.9 Å². The Hall–Kier alpha value is -2.40. The van der Waals surface area contributed by atoms with Crippen LogP contribution >= 0.6 is 11.6 Å². The molecule has 0 bridgehead atoms. The standard InChI is InChI=1S/C17H16ClFN2O2/c18-14-4-2-1-3-12(14)10-15(17(20)23)21-16(22)9-11-5-7-13(19)8-6-11/h1-8,15H,9-10H2,(H2,20,23)(H,21,22)/t15-/m0/s1. The van der Waals surface area contributed by atoms with Crippen LogP contribution in [0.25, 0.3) is 0 Å². The molecule has 2 rings (SSSR count). The molecule has 0 spiro atoms. The molecule has 0 aromatic heterocycles. The van der Waals surface area contributed by atoms with E-state index < -0.39 is 11.9 Å². The topological polar surface area (TPSA) is 72.2 Å². The summed E-state index contributed by atoms with van der Waals surface area (Å²) in [6, 6.07) is 11.8. The van der Waals surface area contributed by atoms with E-state index in [0.717, 1.165) is 5.56 Å². The molecular formula is C17H16ClFN2O2. The van der Waals surface area contributed by atoms with E-state index in [4.69, 9.17) is 17.3 Å². The van der Waals surface area contributed by atoms with E-state index in [0.29, 0.717) is 10.6 Å². The molecule has 0 aliphatic carbocycles. The number of primary amides is 1. The lowest BCUT2D eigenvalue weighted by molar-refractivity contribution is -0.127. The van der Waals surface area contributed by atoms with Crippen LogP contribution in [-0.2, 0) is 22.4 Å². The Labute approximate surface area is 138 Å². The molecule has 0 heterocycles. The van der Waals surface area contributed by atoms with Gasteiger partial charge in [0.1, 0.15) is 11.9 Å². The van der Waals surface area contributed by atoms with Crippen molar-refractivity contribution in [3.05, 3.63) is 70.5 Å². The molecule has 1 atom stereocenters. The molecule has 0 aliphatic heterocycles. The van der Waals surface area contributed by atoms with Gasteiger partial charge in [-0.25, -0.2) is 4.39 Å². The Morgan fingerprint density at radius 3 is 2.39 bits per heavy atom. The van der Waals surface area contributed by atoms with E-state index in [1.54, 1.807) is 24.3 Å². The maximum atomic E-state index is 12.8. The fourth-order valence-electron chi connectivity index (χ4n) is 2.14. The van der Waals surface area contributed by atoms with Crippen molar-refractivity contribution >= 4 is 23.4 Å². The zero-order valence-electron chi connectivity index (χ0n) is 12.3. The lowest BCUT2D eigenvalue weighted by Gasteiger charge is -2.16. The van der Waals surface area contributed by atoms with Gasteiger partial charge in [-0.3, -0.25) is 9.59 Å². The minimum atomic E-state index is -0.858. The first kappa shape index (κ1) is 17.0. The Balaban J connectivity index is 2.01. The predicted molar refractivity (Wildman–Crippen MR) is 86.4 cm³/mol. The number of hydrogen-bond donors (Lipinski definition) is 2. The summed E-state index contributed by atoms with van der Waals surface area (Å²) in [5.74, 6) is -1.38. The summed E-state index contributed by atoms with van der Waals surface area (Å²) in [6.45, 7) is 0. The van der Waals surface area contributed by atoms with E-state index in [9.17, 15) is 14.0 Å². The van der Waals surface area contributed by atoms with E-state index in [2.05, 4.69) is 5.32 Å². The van der Waals surface area contributed by atoms with Crippen molar-refractivity contribution in [2.75, 3.05) is 0 Å². The monoisotopic (exact) mass is 334 g/mol. The van der Waals surface area contributed by atoms with Crippen LogP contribution in [0.2, 0.25) is 5.02 Å². The highest BCUT2D eigenvalue weighted by molar-refractivity contribution is 6.31.